The van der Waals surface area contributed by atoms with E-state index in [1.54, 1.807) is 0 Å². The molecule has 2 aromatic heterocycles. The number of benzene rings is 1. The lowest BCUT2D eigenvalue weighted by Crippen LogP contribution is -2.24. The molecule has 178 valence electrons. The van der Waals surface area contributed by atoms with Gasteiger partial charge in [-0.3, -0.25) is 19.4 Å². The first-order valence-corrected chi connectivity index (χ1v) is 9.81. The fourth-order valence-corrected chi connectivity index (χ4v) is 3.46. The minimum atomic E-state index is -4.49. The van der Waals surface area contributed by atoms with E-state index in [1.165, 1.54) is 29.3 Å². The van der Waals surface area contributed by atoms with Gasteiger partial charge in [0, 0.05) is 41.2 Å². The fraction of sp³-hybridized carbons (Fsp3) is 0.227. The summed E-state index contributed by atoms with van der Waals surface area (Å²) in [6.45, 7) is 0.517. The molecule has 12 heteroatoms. The largest absolute Gasteiger partial charge is 0.486 e. The van der Waals surface area contributed by atoms with Crippen LogP contribution in [0.1, 0.15) is 15.9 Å². The highest BCUT2D eigenvalue weighted by Crippen LogP contribution is 2.38. The number of amides is 1. The first-order valence-electron chi connectivity index (χ1n) is 9.81. The van der Waals surface area contributed by atoms with Gasteiger partial charge in [0.1, 0.15) is 18.1 Å². The van der Waals surface area contributed by atoms with Crippen LogP contribution in [0.4, 0.5) is 32.2 Å². The van der Waals surface area contributed by atoms with Crippen molar-refractivity contribution >= 4 is 11.7 Å². The van der Waals surface area contributed by atoms with Gasteiger partial charge in [-0.2, -0.15) is 27.1 Å². The third kappa shape index (κ3) is 4.75. The lowest BCUT2D eigenvalue weighted by molar-refractivity contribution is -0.142. The van der Waals surface area contributed by atoms with Crippen LogP contribution < -0.4 is 9.64 Å². The summed E-state index contributed by atoms with van der Waals surface area (Å²) in [6, 6.07) is 5.98. The van der Waals surface area contributed by atoms with Gasteiger partial charge in [0.15, 0.2) is 12.4 Å². The average molecular weight is 482 g/mol. The Morgan fingerprint density at radius 1 is 1.12 bits per heavy atom. The second-order valence-electron chi connectivity index (χ2n) is 7.46. The number of anilines is 1. The van der Waals surface area contributed by atoms with Crippen molar-refractivity contribution in [2.24, 2.45) is 0 Å². The first kappa shape index (κ1) is 23.3. The summed E-state index contributed by atoms with van der Waals surface area (Å²) in [5.74, 6) is -4.85. The molecule has 3 aromatic rings. The number of hydrogen-bond donors (Lipinski definition) is 0. The van der Waals surface area contributed by atoms with Gasteiger partial charge in [-0.25, -0.2) is 4.39 Å². The molecule has 0 atom stereocenters. The number of alkyl halides is 5. The van der Waals surface area contributed by atoms with Crippen molar-refractivity contribution in [3.05, 3.63) is 72.3 Å². The van der Waals surface area contributed by atoms with Crippen LogP contribution in [0.3, 0.4) is 0 Å². The first-order chi connectivity index (χ1) is 16.0. The van der Waals surface area contributed by atoms with Gasteiger partial charge in [-0.05, 0) is 24.3 Å². The zero-order valence-corrected chi connectivity index (χ0v) is 17.3. The molecule has 34 heavy (non-hydrogen) atoms. The van der Waals surface area contributed by atoms with E-state index in [0.717, 1.165) is 18.3 Å². The molecule has 1 aromatic carbocycles. The minimum Gasteiger partial charge on any atom is -0.486 e. The van der Waals surface area contributed by atoms with Crippen molar-refractivity contribution in [2.75, 3.05) is 11.5 Å². The number of halogens is 6. The van der Waals surface area contributed by atoms with Crippen LogP contribution in [0.2, 0.25) is 0 Å². The van der Waals surface area contributed by atoms with Crippen LogP contribution in [0.25, 0.3) is 11.3 Å². The van der Waals surface area contributed by atoms with Crippen LogP contribution in [0.15, 0.2) is 55.4 Å². The molecule has 1 aliphatic heterocycles. The van der Waals surface area contributed by atoms with E-state index >= 15 is 0 Å². The molecule has 0 radical (unpaired) electrons. The number of ether oxygens (including phenoxy) is 1. The standard InChI is InChI=1S/C22H16F6N4O2/c1-2-21(24,25)12-34-17-9-13(23)3-4-15(17)19-16-10-32(20(33)14(16)5-7-29-19)18-6-8-31(30-18)11-22(26,27)28/h2-9H,1,10-12H2. The molecule has 0 saturated carbocycles. The fourth-order valence-electron chi connectivity index (χ4n) is 3.46. The zero-order valence-electron chi connectivity index (χ0n) is 17.3. The van der Waals surface area contributed by atoms with E-state index in [1.807, 2.05) is 0 Å². The number of carbonyl (C=O) groups is 1. The quantitative estimate of drug-likeness (QED) is 0.351. The second-order valence-corrected chi connectivity index (χ2v) is 7.46. The normalized spacial score (nSPS) is 13.8. The topological polar surface area (TPSA) is 60.2 Å². The summed E-state index contributed by atoms with van der Waals surface area (Å²) in [7, 11) is 0. The van der Waals surface area contributed by atoms with Crippen LogP contribution >= 0.6 is 0 Å². The lowest BCUT2D eigenvalue weighted by atomic mass is 10.0. The van der Waals surface area contributed by atoms with E-state index in [-0.39, 0.29) is 34.9 Å². The molecule has 0 unspecified atom stereocenters. The number of nitrogens with zero attached hydrogens (tertiary/aromatic N) is 4. The highest BCUT2D eigenvalue weighted by atomic mass is 19.4. The predicted molar refractivity (Wildman–Crippen MR) is 109 cm³/mol. The second kappa shape index (κ2) is 8.50. The van der Waals surface area contributed by atoms with Gasteiger partial charge in [0.25, 0.3) is 11.8 Å². The predicted octanol–water partition coefficient (Wildman–Crippen LogP) is 5.01. The Hall–Kier alpha value is -3.83. The third-order valence-electron chi connectivity index (χ3n) is 5.01. The SMILES string of the molecule is C=CC(F)(F)COc1cc(F)ccc1-c1nccc2c1CN(c1ccn(CC(F)(F)F)n1)C2=O. The van der Waals surface area contributed by atoms with Crippen molar-refractivity contribution in [3.63, 3.8) is 0 Å². The van der Waals surface area contributed by atoms with Crippen LogP contribution in [0.5, 0.6) is 5.75 Å². The molecule has 6 nitrogen and oxygen atoms in total. The van der Waals surface area contributed by atoms with Gasteiger partial charge in [0.2, 0.25) is 0 Å². The lowest BCUT2D eigenvalue weighted by Gasteiger charge is -2.17. The Balaban J connectivity index is 1.68. The monoisotopic (exact) mass is 482 g/mol. The van der Waals surface area contributed by atoms with Crippen molar-refractivity contribution in [1.29, 1.82) is 0 Å². The summed E-state index contributed by atoms with van der Waals surface area (Å²) < 4.78 is 84.8. The molecule has 0 saturated heterocycles. The molecule has 1 aliphatic rings. The summed E-state index contributed by atoms with van der Waals surface area (Å²) >= 11 is 0. The summed E-state index contributed by atoms with van der Waals surface area (Å²) in [5, 5.41) is 3.82. The van der Waals surface area contributed by atoms with Crippen LogP contribution in [-0.4, -0.2) is 39.4 Å². The molecule has 4 rings (SSSR count). The molecule has 0 fully saturated rings. The van der Waals surface area contributed by atoms with Gasteiger partial charge in [-0.1, -0.05) is 6.58 Å². The molecule has 0 bridgehead atoms. The molecule has 0 aliphatic carbocycles. The molecule has 0 N–H and O–H groups in total. The summed E-state index contributed by atoms with van der Waals surface area (Å²) in [4.78, 5) is 18.3. The number of pyridine rings is 1. The van der Waals surface area contributed by atoms with Crippen molar-refractivity contribution in [1.82, 2.24) is 14.8 Å². The molecule has 3 heterocycles. The van der Waals surface area contributed by atoms with Crippen molar-refractivity contribution < 1.29 is 35.9 Å². The average Bonchev–Trinajstić information content (AvgIpc) is 3.35. The van der Waals surface area contributed by atoms with E-state index in [9.17, 15) is 31.1 Å². The Morgan fingerprint density at radius 2 is 1.88 bits per heavy atom. The minimum absolute atomic E-state index is 0.00222. The molecular formula is C22H16F6N4O2. The Kier molecular flexibility index (Phi) is 5.84. The number of hydrogen-bond acceptors (Lipinski definition) is 4. The van der Waals surface area contributed by atoms with E-state index in [4.69, 9.17) is 4.74 Å². The maximum atomic E-state index is 13.8. The number of rotatable bonds is 7. The zero-order chi connectivity index (χ0) is 24.7. The number of fused-ring (bicyclic) bond motifs is 1. The number of aromatic nitrogens is 3. The van der Waals surface area contributed by atoms with E-state index < -0.39 is 37.0 Å². The maximum Gasteiger partial charge on any atom is 0.408 e. The van der Waals surface area contributed by atoms with Gasteiger partial charge >= 0.3 is 6.18 Å². The van der Waals surface area contributed by atoms with Crippen LogP contribution in [0, 0.1) is 5.82 Å². The maximum absolute atomic E-state index is 13.8. The van der Waals surface area contributed by atoms with Crippen LogP contribution in [-0.2, 0) is 13.1 Å². The van der Waals surface area contributed by atoms with E-state index in [2.05, 4.69) is 16.7 Å². The Morgan fingerprint density at radius 3 is 2.59 bits per heavy atom. The molecule has 1 amide bonds. The van der Waals surface area contributed by atoms with Gasteiger partial charge in [-0.15, -0.1) is 0 Å². The smallest absolute Gasteiger partial charge is 0.408 e. The molecule has 0 spiro atoms. The van der Waals surface area contributed by atoms with E-state index in [0.29, 0.717) is 16.3 Å². The number of carbonyl (C=O) groups excluding carboxylic acids is 1. The summed E-state index contributed by atoms with van der Waals surface area (Å²) in [6.07, 6.45) is -1.67. The Bertz CT molecular complexity index is 1250. The van der Waals surface area contributed by atoms with Gasteiger partial charge < -0.3 is 4.74 Å². The Labute approximate surface area is 189 Å². The molecular weight excluding hydrogens is 466 g/mol. The summed E-state index contributed by atoms with van der Waals surface area (Å²) in [5.41, 5.74) is 0.905. The van der Waals surface area contributed by atoms with Gasteiger partial charge in [0.05, 0.1) is 12.2 Å². The highest BCUT2D eigenvalue weighted by Gasteiger charge is 2.34. The third-order valence-corrected chi connectivity index (χ3v) is 5.01. The highest BCUT2D eigenvalue weighted by molar-refractivity contribution is 6.10. The van der Waals surface area contributed by atoms with Crippen molar-refractivity contribution in [3.8, 4) is 17.0 Å². The van der Waals surface area contributed by atoms with Crippen molar-refractivity contribution in [2.45, 2.75) is 25.2 Å².